The smallest absolute Gasteiger partial charge is 0.161 e. The number of hydrogen-bond donors (Lipinski definition) is 4. The van der Waals surface area contributed by atoms with Crippen LogP contribution in [0, 0.1) is 56.7 Å². The minimum absolute atomic E-state index is 0.00769. The summed E-state index contributed by atoms with van der Waals surface area (Å²) in [6.45, 7) is 19.4. The number of fused-ring (bicyclic) bond motifs is 7. The summed E-state index contributed by atoms with van der Waals surface area (Å²) in [6.07, 6.45) is 8.62. The van der Waals surface area contributed by atoms with E-state index in [-0.39, 0.29) is 46.2 Å². The van der Waals surface area contributed by atoms with Gasteiger partial charge < -0.3 is 29.9 Å². The standard InChI is InChI=1S/C36H60O6/c1-21(2)22-10-15-36(20-38)17-16-34(6)23(30(22)36)8-9-27-33(5)13-12-28(32(3,4)26(33)11-14-35(27,34)7)42-29-18-24(39)31(40)25(19-37)41-29/h22-31,37-40H,1,8-20H2,2-7H3/t22-,23+,24-,25-,26-,27?,28+,29-,30+,31+,33-,34+,35+,36+/m0/s1. The van der Waals surface area contributed by atoms with Crippen LogP contribution in [0.3, 0.4) is 0 Å². The predicted octanol–water partition coefficient (Wildman–Crippen LogP) is 5.85. The van der Waals surface area contributed by atoms with Gasteiger partial charge in [-0.05, 0) is 128 Å². The highest BCUT2D eigenvalue weighted by atomic mass is 16.7. The molecule has 4 N–H and O–H groups in total. The van der Waals surface area contributed by atoms with Crippen LogP contribution in [0.2, 0.25) is 0 Å². The first-order chi connectivity index (χ1) is 19.7. The molecule has 1 unspecified atom stereocenters. The first-order valence-electron chi connectivity index (χ1n) is 17.2. The van der Waals surface area contributed by atoms with E-state index in [4.69, 9.17) is 9.47 Å². The van der Waals surface area contributed by atoms with Gasteiger partial charge >= 0.3 is 0 Å². The molecule has 6 heteroatoms. The lowest BCUT2D eigenvalue weighted by Crippen LogP contribution is -2.67. The molecule has 0 amide bonds. The molecule has 14 atom stereocenters. The number of allylic oxidation sites excluding steroid dienone is 1. The molecule has 0 spiro atoms. The molecule has 0 aromatic rings. The van der Waals surface area contributed by atoms with Crippen LogP contribution in [0.1, 0.15) is 112 Å². The highest BCUT2D eigenvalue weighted by Crippen LogP contribution is 2.77. The van der Waals surface area contributed by atoms with Gasteiger partial charge in [0.2, 0.25) is 0 Å². The van der Waals surface area contributed by atoms with E-state index in [1.807, 2.05) is 0 Å². The maximum atomic E-state index is 10.8. The van der Waals surface area contributed by atoms with Crippen LogP contribution in [0.15, 0.2) is 12.2 Å². The van der Waals surface area contributed by atoms with Gasteiger partial charge in [-0.15, -0.1) is 0 Å². The van der Waals surface area contributed by atoms with Crippen molar-refractivity contribution in [3.05, 3.63) is 12.2 Å². The molecule has 6 rings (SSSR count). The third-order valence-corrected chi connectivity index (χ3v) is 15.5. The molecule has 1 saturated heterocycles. The van der Waals surface area contributed by atoms with Crippen molar-refractivity contribution < 1.29 is 29.9 Å². The van der Waals surface area contributed by atoms with Crippen molar-refractivity contribution in [2.24, 2.45) is 56.7 Å². The van der Waals surface area contributed by atoms with Gasteiger partial charge in [-0.3, -0.25) is 0 Å². The largest absolute Gasteiger partial charge is 0.396 e. The fourth-order valence-electron chi connectivity index (χ4n) is 13.1. The van der Waals surface area contributed by atoms with E-state index in [0.29, 0.717) is 36.2 Å². The van der Waals surface area contributed by atoms with Crippen LogP contribution in [0.5, 0.6) is 0 Å². The third-order valence-electron chi connectivity index (χ3n) is 15.5. The van der Waals surface area contributed by atoms with Gasteiger partial charge in [-0.1, -0.05) is 46.8 Å². The van der Waals surface area contributed by atoms with Crippen LogP contribution >= 0.6 is 0 Å². The zero-order valence-corrected chi connectivity index (χ0v) is 27.3. The first-order valence-corrected chi connectivity index (χ1v) is 17.2. The predicted molar refractivity (Wildman–Crippen MR) is 163 cm³/mol. The molecule has 1 heterocycles. The Kier molecular flexibility index (Phi) is 7.89. The molecule has 5 aliphatic carbocycles. The van der Waals surface area contributed by atoms with Gasteiger partial charge in [0.25, 0.3) is 0 Å². The summed E-state index contributed by atoms with van der Waals surface area (Å²) in [5.41, 5.74) is 2.15. The van der Waals surface area contributed by atoms with Crippen molar-refractivity contribution in [3.63, 3.8) is 0 Å². The minimum atomic E-state index is -1.08. The van der Waals surface area contributed by atoms with E-state index in [2.05, 4.69) is 48.1 Å². The second-order valence-electron chi connectivity index (χ2n) is 17.3. The summed E-state index contributed by atoms with van der Waals surface area (Å²) in [7, 11) is 0. The normalized spacial score (nSPS) is 55.2. The van der Waals surface area contributed by atoms with Crippen LogP contribution in [-0.2, 0) is 9.47 Å². The monoisotopic (exact) mass is 588 g/mol. The van der Waals surface area contributed by atoms with Crippen LogP contribution in [0.4, 0.5) is 0 Å². The molecule has 1 aliphatic heterocycles. The zero-order chi connectivity index (χ0) is 30.5. The number of rotatable bonds is 5. The molecule has 6 fully saturated rings. The molecule has 0 aromatic carbocycles. The van der Waals surface area contributed by atoms with Gasteiger partial charge in [-0.2, -0.15) is 0 Å². The average Bonchev–Trinajstić information content (AvgIpc) is 3.33. The Morgan fingerprint density at radius 1 is 0.857 bits per heavy atom. The topological polar surface area (TPSA) is 99.4 Å². The van der Waals surface area contributed by atoms with Crippen LogP contribution in [0.25, 0.3) is 0 Å². The highest BCUT2D eigenvalue weighted by Gasteiger charge is 2.71. The van der Waals surface area contributed by atoms with E-state index in [1.54, 1.807) is 0 Å². The molecular formula is C36H60O6. The molecule has 0 radical (unpaired) electrons. The summed E-state index contributed by atoms with van der Waals surface area (Å²) < 4.78 is 12.5. The van der Waals surface area contributed by atoms with Gasteiger partial charge in [-0.25, -0.2) is 0 Å². The van der Waals surface area contributed by atoms with Gasteiger partial charge in [0.1, 0.15) is 12.2 Å². The van der Waals surface area contributed by atoms with E-state index in [1.165, 1.54) is 44.1 Å². The Hall–Kier alpha value is -0.500. The first kappa shape index (κ1) is 31.5. The van der Waals surface area contributed by atoms with Gasteiger partial charge in [0.05, 0.1) is 18.8 Å². The Morgan fingerprint density at radius 3 is 2.26 bits per heavy atom. The zero-order valence-electron chi connectivity index (χ0n) is 27.3. The molecule has 0 aromatic heterocycles. The van der Waals surface area contributed by atoms with Crippen LogP contribution in [-0.4, -0.2) is 64.3 Å². The van der Waals surface area contributed by atoms with Crippen molar-refractivity contribution in [1.29, 1.82) is 0 Å². The minimum Gasteiger partial charge on any atom is -0.396 e. The Bertz CT molecular complexity index is 1040. The SMILES string of the molecule is C=C(C)[C@@H]1CC[C@]2(CO)CC[C@]3(C)[C@H](CCC4[C@@]5(C)CC[C@@H](O[C@H]6C[C@H](O)[C@@H](O)[C@H](CO)O6)C(C)(C)[C@@H]5CC[C@]43C)[C@@H]12. The Labute approximate surface area is 254 Å². The quantitative estimate of drug-likeness (QED) is 0.238. The van der Waals surface area contributed by atoms with Crippen molar-refractivity contribution in [2.75, 3.05) is 13.2 Å². The van der Waals surface area contributed by atoms with E-state index in [9.17, 15) is 20.4 Å². The van der Waals surface area contributed by atoms with Crippen LogP contribution < -0.4 is 0 Å². The third kappa shape index (κ3) is 4.24. The number of hydrogen-bond acceptors (Lipinski definition) is 6. The number of ether oxygens (including phenoxy) is 2. The lowest BCUT2D eigenvalue weighted by atomic mass is 9.32. The molecule has 5 saturated carbocycles. The van der Waals surface area contributed by atoms with E-state index in [0.717, 1.165) is 25.7 Å². The second-order valence-corrected chi connectivity index (χ2v) is 17.3. The summed E-state index contributed by atoms with van der Waals surface area (Å²) in [4.78, 5) is 0. The summed E-state index contributed by atoms with van der Waals surface area (Å²) in [5.74, 6) is 2.96. The molecule has 0 bridgehead atoms. The van der Waals surface area contributed by atoms with Crippen molar-refractivity contribution in [1.82, 2.24) is 0 Å². The fourth-order valence-corrected chi connectivity index (χ4v) is 13.1. The van der Waals surface area contributed by atoms with Crippen molar-refractivity contribution in [3.8, 4) is 0 Å². The summed E-state index contributed by atoms with van der Waals surface area (Å²) in [5, 5.41) is 41.1. The summed E-state index contributed by atoms with van der Waals surface area (Å²) >= 11 is 0. The maximum absolute atomic E-state index is 10.8. The maximum Gasteiger partial charge on any atom is 0.161 e. The summed E-state index contributed by atoms with van der Waals surface area (Å²) in [6, 6.07) is 0. The van der Waals surface area contributed by atoms with E-state index < -0.39 is 24.6 Å². The Balaban J connectivity index is 1.25. The van der Waals surface area contributed by atoms with Gasteiger partial charge in [0, 0.05) is 13.0 Å². The lowest BCUT2D eigenvalue weighted by Gasteiger charge is -2.73. The molecule has 6 nitrogen and oxygen atoms in total. The Morgan fingerprint density at radius 2 is 1.60 bits per heavy atom. The molecule has 240 valence electrons. The lowest BCUT2D eigenvalue weighted by molar-refractivity contribution is -0.302. The number of aliphatic hydroxyl groups excluding tert-OH is 4. The second kappa shape index (κ2) is 10.5. The number of aliphatic hydroxyl groups is 4. The van der Waals surface area contributed by atoms with Crippen molar-refractivity contribution in [2.45, 2.75) is 143 Å². The fraction of sp³-hybridized carbons (Fsp3) is 0.944. The van der Waals surface area contributed by atoms with E-state index >= 15 is 0 Å². The highest BCUT2D eigenvalue weighted by molar-refractivity contribution is 5.21. The van der Waals surface area contributed by atoms with Crippen molar-refractivity contribution >= 4 is 0 Å². The molecule has 6 aliphatic rings. The molecular weight excluding hydrogens is 528 g/mol. The average molecular weight is 589 g/mol. The van der Waals surface area contributed by atoms with Gasteiger partial charge in [0.15, 0.2) is 6.29 Å². The molecule has 42 heavy (non-hydrogen) atoms.